The molecule has 2 rings (SSSR count). The van der Waals surface area contributed by atoms with Crippen LogP contribution in [0.4, 0.5) is 0 Å². The summed E-state index contributed by atoms with van der Waals surface area (Å²) in [5.74, 6) is 1.19. The van der Waals surface area contributed by atoms with Gasteiger partial charge in [-0.2, -0.15) is 0 Å². The number of hydrogen-bond acceptors (Lipinski definition) is 3. The van der Waals surface area contributed by atoms with E-state index in [2.05, 4.69) is 20.9 Å². The third-order valence-corrected chi connectivity index (χ3v) is 4.44. The Morgan fingerprint density at radius 2 is 2.21 bits per heavy atom. The Labute approximate surface area is 134 Å². The minimum Gasteiger partial charge on any atom is -0.492 e. The van der Waals surface area contributed by atoms with Gasteiger partial charge in [-0.1, -0.05) is 27.5 Å². The number of thiazole rings is 1. The van der Waals surface area contributed by atoms with Crippen LogP contribution in [-0.4, -0.2) is 11.6 Å². The van der Waals surface area contributed by atoms with Crippen LogP contribution in [0.1, 0.15) is 17.1 Å². The maximum absolute atomic E-state index is 6.07. The maximum atomic E-state index is 6.07. The molecule has 1 aromatic heterocycles. The van der Waals surface area contributed by atoms with Gasteiger partial charge < -0.3 is 4.74 Å². The van der Waals surface area contributed by atoms with E-state index in [1.54, 1.807) is 11.3 Å². The molecule has 6 heteroatoms. The third kappa shape index (κ3) is 4.63. The molecule has 0 fully saturated rings. The van der Waals surface area contributed by atoms with Crippen LogP contribution in [0.3, 0.4) is 0 Å². The fraction of sp³-hybridized carbons (Fsp3) is 0.308. The SMILES string of the molecule is ClCc1csc(CCCOc2ccc(Br)cc2Cl)n1. The fourth-order valence-corrected chi connectivity index (χ4v) is 3.32. The molecule has 0 saturated heterocycles. The van der Waals surface area contributed by atoms with Crippen molar-refractivity contribution in [3.05, 3.63) is 43.8 Å². The summed E-state index contributed by atoms with van der Waals surface area (Å²) in [7, 11) is 0. The van der Waals surface area contributed by atoms with Crippen LogP contribution in [0.15, 0.2) is 28.1 Å². The predicted molar refractivity (Wildman–Crippen MR) is 84.6 cm³/mol. The smallest absolute Gasteiger partial charge is 0.137 e. The highest BCUT2D eigenvalue weighted by molar-refractivity contribution is 9.10. The summed E-state index contributed by atoms with van der Waals surface area (Å²) in [6.45, 7) is 0.622. The van der Waals surface area contributed by atoms with Crippen molar-refractivity contribution in [2.24, 2.45) is 0 Å². The van der Waals surface area contributed by atoms with E-state index in [0.29, 0.717) is 23.3 Å². The van der Waals surface area contributed by atoms with Crippen molar-refractivity contribution in [2.75, 3.05) is 6.61 Å². The molecule has 0 spiro atoms. The number of ether oxygens (including phenoxy) is 1. The predicted octanol–water partition coefficient (Wildman–Crippen LogP) is 5.31. The van der Waals surface area contributed by atoms with Crippen molar-refractivity contribution in [2.45, 2.75) is 18.7 Å². The summed E-state index contributed by atoms with van der Waals surface area (Å²) in [6, 6.07) is 5.60. The first-order chi connectivity index (χ1) is 9.19. The molecule has 0 unspecified atom stereocenters. The monoisotopic (exact) mass is 379 g/mol. The summed E-state index contributed by atoms with van der Waals surface area (Å²) >= 11 is 16.8. The van der Waals surface area contributed by atoms with Crippen molar-refractivity contribution in [1.82, 2.24) is 4.98 Å². The van der Waals surface area contributed by atoms with Crippen LogP contribution in [0, 0.1) is 0 Å². The van der Waals surface area contributed by atoms with Crippen LogP contribution in [0.5, 0.6) is 5.75 Å². The van der Waals surface area contributed by atoms with E-state index < -0.39 is 0 Å². The third-order valence-electron chi connectivity index (χ3n) is 2.42. The molecular formula is C13H12BrCl2NOS. The number of aromatic nitrogens is 1. The number of rotatable bonds is 6. The molecule has 0 amide bonds. The average molecular weight is 381 g/mol. The Kier molecular flexibility index (Phi) is 5.95. The Morgan fingerprint density at radius 1 is 1.37 bits per heavy atom. The quantitative estimate of drug-likeness (QED) is 0.500. The summed E-state index contributed by atoms with van der Waals surface area (Å²) in [6.07, 6.45) is 1.80. The lowest BCUT2D eigenvalue weighted by Gasteiger charge is -2.07. The molecule has 19 heavy (non-hydrogen) atoms. The first kappa shape index (κ1) is 15.1. The normalized spacial score (nSPS) is 10.7. The van der Waals surface area contributed by atoms with Gasteiger partial charge >= 0.3 is 0 Å². The zero-order chi connectivity index (χ0) is 13.7. The highest BCUT2D eigenvalue weighted by Crippen LogP contribution is 2.27. The number of benzene rings is 1. The lowest BCUT2D eigenvalue weighted by atomic mass is 10.3. The first-order valence-electron chi connectivity index (χ1n) is 5.76. The second-order valence-electron chi connectivity index (χ2n) is 3.89. The molecule has 0 aliphatic rings. The second-order valence-corrected chi connectivity index (χ2v) is 6.43. The summed E-state index contributed by atoms with van der Waals surface area (Å²) in [4.78, 5) is 4.40. The molecule has 0 saturated carbocycles. The highest BCUT2D eigenvalue weighted by Gasteiger charge is 2.04. The minimum atomic E-state index is 0.474. The number of nitrogens with zero attached hydrogens (tertiary/aromatic N) is 1. The van der Waals surface area contributed by atoms with Crippen molar-refractivity contribution in [3.63, 3.8) is 0 Å². The van der Waals surface area contributed by atoms with Crippen LogP contribution in [0.2, 0.25) is 5.02 Å². The van der Waals surface area contributed by atoms with Crippen LogP contribution in [-0.2, 0) is 12.3 Å². The molecule has 0 N–H and O–H groups in total. The van der Waals surface area contributed by atoms with E-state index in [1.807, 2.05) is 23.6 Å². The van der Waals surface area contributed by atoms with E-state index in [9.17, 15) is 0 Å². The molecule has 2 aromatic rings. The van der Waals surface area contributed by atoms with Gasteiger partial charge in [-0.15, -0.1) is 22.9 Å². The fourth-order valence-electron chi connectivity index (χ4n) is 1.52. The molecule has 2 nitrogen and oxygen atoms in total. The van der Waals surface area contributed by atoms with Gasteiger partial charge in [0.25, 0.3) is 0 Å². The van der Waals surface area contributed by atoms with E-state index >= 15 is 0 Å². The lowest BCUT2D eigenvalue weighted by Crippen LogP contribution is -1.99. The molecule has 0 aliphatic carbocycles. The van der Waals surface area contributed by atoms with Gasteiger partial charge in [0.2, 0.25) is 0 Å². The van der Waals surface area contributed by atoms with Gasteiger partial charge in [0, 0.05) is 16.3 Å². The standard InChI is InChI=1S/C13H12BrCl2NOS/c14-9-3-4-12(11(16)6-9)18-5-1-2-13-17-10(7-15)8-19-13/h3-4,6,8H,1-2,5,7H2. The maximum Gasteiger partial charge on any atom is 0.137 e. The molecule has 1 heterocycles. The van der Waals surface area contributed by atoms with Crippen molar-refractivity contribution in [3.8, 4) is 5.75 Å². The average Bonchev–Trinajstić information content (AvgIpc) is 2.84. The van der Waals surface area contributed by atoms with Crippen molar-refractivity contribution in [1.29, 1.82) is 0 Å². The van der Waals surface area contributed by atoms with Gasteiger partial charge in [-0.3, -0.25) is 0 Å². The van der Waals surface area contributed by atoms with Crippen LogP contribution < -0.4 is 4.74 Å². The van der Waals surface area contributed by atoms with Gasteiger partial charge in [-0.05, 0) is 24.6 Å². The van der Waals surface area contributed by atoms with E-state index in [0.717, 1.165) is 28.0 Å². The van der Waals surface area contributed by atoms with Crippen LogP contribution >= 0.6 is 50.5 Å². The second kappa shape index (κ2) is 7.48. The highest BCUT2D eigenvalue weighted by atomic mass is 79.9. The molecule has 102 valence electrons. The van der Waals surface area contributed by atoms with Crippen molar-refractivity contribution < 1.29 is 4.74 Å². The number of hydrogen-bond donors (Lipinski definition) is 0. The lowest BCUT2D eigenvalue weighted by molar-refractivity contribution is 0.311. The Morgan fingerprint density at radius 3 is 2.89 bits per heavy atom. The zero-order valence-corrected chi connectivity index (χ0v) is 13.9. The largest absolute Gasteiger partial charge is 0.492 e. The summed E-state index contributed by atoms with van der Waals surface area (Å²) in [5, 5.41) is 3.71. The molecular weight excluding hydrogens is 369 g/mol. The first-order valence-corrected chi connectivity index (χ1v) is 8.34. The van der Waals surface area contributed by atoms with E-state index in [1.165, 1.54) is 0 Å². The van der Waals surface area contributed by atoms with E-state index in [-0.39, 0.29) is 0 Å². The molecule has 0 atom stereocenters. The molecule has 0 aliphatic heterocycles. The van der Waals surface area contributed by atoms with Gasteiger partial charge in [0.05, 0.1) is 28.2 Å². The topological polar surface area (TPSA) is 22.1 Å². The number of aryl methyl sites for hydroxylation is 1. The molecule has 0 radical (unpaired) electrons. The number of alkyl halides is 1. The van der Waals surface area contributed by atoms with Crippen LogP contribution in [0.25, 0.3) is 0 Å². The Balaban J connectivity index is 1.77. The zero-order valence-electron chi connectivity index (χ0n) is 10.0. The molecule has 0 bridgehead atoms. The number of halogens is 3. The summed E-state index contributed by atoms with van der Waals surface area (Å²) < 4.78 is 6.59. The molecule has 1 aromatic carbocycles. The summed E-state index contributed by atoms with van der Waals surface area (Å²) in [5.41, 5.74) is 0.943. The van der Waals surface area contributed by atoms with Gasteiger partial charge in [0.1, 0.15) is 5.75 Å². The van der Waals surface area contributed by atoms with Gasteiger partial charge in [0.15, 0.2) is 0 Å². The Hall–Kier alpha value is -0.290. The minimum absolute atomic E-state index is 0.474. The Bertz CT molecular complexity index is 547. The van der Waals surface area contributed by atoms with E-state index in [4.69, 9.17) is 27.9 Å². The van der Waals surface area contributed by atoms with Crippen molar-refractivity contribution >= 4 is 50.5 Å². The van der Waals surface area contributed by atoms with Gasteiger partial charge in [-0.25, -0.2) is 4.98 Å².